The van der Waals surface area contributed by atoms with E-state index in [4.69, 9.17) is 0 Å². The average Bonchev–Trinajstić information content (AvgIpc) is 3.50. The molecular formula is C20H22N4O. The summed E-state index contributed by atoms with van der Waals surface area (Å²) in [5.74, 6) is 0.130. The summed E-state index contributed by atoms with van der Waals surface area (Å²) < 4.78 is 0. The fraction of sp³-hybridized carbons (Fsp3) is 0.450. The van der Waals surface area contributed by atoms with Gasteiger partial charge >= 0.3 is 0 Å². The molecule has 4 rings (SSSR count). The van der Waals surface area contributed by atoms with E-state index in [9.17, 15) is 10.1 Å². The molecule has 1 saturated carbocycles. The fourth-order valence-corrected chi connectivity index (χ4v) is 3.62. The van der Waals surface area contributed by atoms with Gasteiger partial charge in [0.15, 0.2) is 0 Å². The number of para-hydroxylation sites is 1. The van der Waals surface area contributed by atoms with Gasteiger partial charge in [-0.25, -0.2) is 0 Å². The SMILES string of the molecule is N#CC1CN(C(=O)CCc2ccc3ccccc3n2)CCN1C1CC1. The van der Waals surface area contributed by atoms with Gasteiger partial charge in [-0.1, -0.05) is 24.3 Å². The number of amides is 1. The maximum atomic E-state index is 12.6. The number of nitriles is 1. The number of pyridine rings is 1. The highest BCUT2D eigenvalue weighted by Gasteiger charge is 2.38. The van der Waals surface area contributed by atoms with Crippen LogP contribution in [0.2, 0.25) is 0 Å². The highest BCUT2D eigenvalue weighted by molar-refractivity contribution is 5.79. The van der Waals surface area contributed by atoms with Gasteiger partial charge in [-0.3, -0.25) is 14.7 Å². The van der Waals surface area contributed by atoms with Crippen molar-refractivity contribution in [3.63, 3.8) is 0 Å². The van der Waals surface area contributed by atoms with Gasteiger partial charge in [0.1, 0.15) is 6.04 Å². The predicted octanol–water partition coefficient (Wildman–Crippen LogP) is 2.37. The molecule has 2 aliphatic rings. The van der Waals surface area contributed by atoms with Crippen molar-refractivity contribution in [1.29, 1.82) is 5.26 Å². The summed E-state index contributed by atoms with van der Waals surface area (Å²) in [4.78, 5) is 21.3. The van der Waals surface area contributed by atoms with Gasteiger partial charge in [0.05, 0.1) is 11.6 Å². The Morgan fingerprint density at radius 2 is 2.04 bits per heavy atom. The Morgan fingerprint density at radius 3 is 2.84 bits per heavy atom. The molecule has 1 aliphatic heterocycles. The maximum Gasteiger partial charge on any atom is 0.223 e. The standard InChI is InChI=1S/C20H22N4O/c21-13-18-14-23(11-12-24(18)17-8-9-17)20(25)10-7-16-6-5-15-3-1-2-4-19(15)22-16/h1-6,17-18H,7-12,14H2. The van der Waals surface area contributed by atoms with E-state index in [1.54, 1.807) is 0 Å². The third-order valence-electron chi connectivity index (χ3n) is 5.19. The van der Waals surface area contributed by atoms with Gasteiger partial charge in [-0.2, -0.15) is 5.26 Å². The number of aryl methyl sites for hydroxylation is 1. The fourth-order valence-electron chi connectivity index (χ4n) is 3.62. The molecule has 0 spiro atoms. The predicted molar refractivity (Wildman–Crippen MR) is 95.8 cm³/mol. The summed E-state index contributed by atoms with van der Waals surface area (Å²) in [7, 11) is 0. The molecule has 2 fully saturated rings. The third kappa shape index (κ3) is 3.49. The summed E-state index contributed by atoms with van der Waals surface area (Å²) in [6, 6.07) is 14.9. The van der Waals surface area contributed by atoms with Crippen molar-refractivity contribution in [2.75, 3.05) is 19.6 Å². The van der Waals surface area contributed by atoms with Crippen molar-refractivity contribution in [1.82, 2.24) is 14.8 Å². The first kappa shape index (κ1) is 16.0. The van der Waals surface area contributed by atoms with Crippen LogP contribution < -0.4 is 0 Å². The summed E-state index contributed by atoms with van der Waals surface area (Å²) in [6.45, 7) is 2.10. The number of hydrogen-bond donors (Lipinski definition) is 0. The van der Waals surface area contributed by atoms with E-state index in [-0.39, 0.29) is 11.9 Å². The molecule has 25 heavy (non-hydrogen) atoms. The van der Waals surface area contributed by atoms with Gasteiger partial charge < -0.3 is 4.90 Å². The van der Waals surface area contributed by atoms with Crippen molar-refractivity contribution in [2.45, 2.75) is 37.8 Å². The third-order valence-corrected chi connectivity index (χ3v) is 5.19. The Labute approximate surface area is 147 Å². The minimum atomic E-state index is -0.149. The number of rotatable bonds is 4. The van der Waals surface area contributed by atoms with Gasteiger partial charge in [0.25, 0.3) is 0 Å². The van der Waals surface area contributed by atoms with Crippen molar-refractivity contribution >= 4 is 16.8 Å². The number of carbonyl (C=O) groups is 1. The lowest BCUT2D eigenvalue weighted by Crippen LogP contribution is -2.54. The lowest BCUT2D eigenvalue weighted by atomic mass is 10.1. The lowest BCUT2D eigenvalue weighted by molar-refractivity contribution is -0.133. The highest BCUT2D eigenvalue weighted by atomic mass is 16.2. The molecule has 1 aliphatic carbocycles. The monoisotopic (exact) mass is 334 g/mol. The molecule has 1 aromatic heterocycles. The molecule has 1 atom stereocenters. The van der Waals surface area contributed by atoms with E-state index >= 15 is 0 Å². The number of nitrogens with zero attached hydrogens (tertiary/aromatic N) is 4. The van der Waals surface area contributed by atoms with Crippen LogP contribution in [0.25, 0.3) is 10.9 Å². The lowest BCUT2D eigenvalue weighted by Gasteiger charge is -2.38. The Kier molecular flexibility index (Phi) is 4.37. The van der Waals surface area contributed by atoms with Crippen molar-refractivity contribution < 1.29 is 4.79 Å². The molecule has 0 radical (unpaired) electrons. The molecule has 1 saturated heterocycles. The van der Waals surface area contributed by atoms with Crippen LogP contribution in [0.15, 0.2) is 36.4 Å². The topological polar surface area (TPSA) is 60.2 Å². The minimum absolute atomic E-state index is 0.130. The number of benzene rings is 1. The van der Waals surface area contributed by atoms with Crippen LogP contribution in [-0.4, -0.2) is 52.4 Å². The number of hydrogen-bond acceptors (Lipinski definition) is 4. The second-order valence-corrected chi connectivity index (χ2v) is 6.95. The Bertz CT molecular complexity index is 824. The number of fused-ring (bicyclic) bond motifs is 1. The molecule has 0 N–H and O–H groups in total. The van der Waals surface area contributed by atoms with E-state index < -0.39 is 0 Å². The maximum absolute atomic E-state index is 12.6. The zero-order chi connectivity index (χ0) is 17.2. The zero-order valence-corrected chi connectivity index (χ0v) is 14.3. The van der Waals surface area contributed by atoms with Crippen LogP contribution in [0.1, 0.15) is 25.0 Å². The summed E-state index contributed by atoms with van der Waals surface area (Å²) in [5.41, 5.74) is 1.91. The molecule has 0 bridgehead atoms. The largest absolute Gasteiger partial charge is 0.339 e. The molecule has 5 heteroatoms. The molecule has 1 amide bonds. The smallest absolute Gasteiger partial charge is 0.223 e. The number of piperazine rings is 1. The van der Waals surface area contributed by atoms with Crippen LogP contribution in [0.4, 0.5) is 0 Å². The van der Waals surface area contributed by atoms with Crippen LogP contribution in [0.3, 0.4) is 0 Å². The van der Waals surface area contributed by atoms with Crippen LogP contribution in [0.5, 0.6) is 0 Å². The van der Waals surface area contributed by atoms with Gasteiger partial charge in [0.2, 0.25) is 5.91 Å². The Balaban J connectivity index is 1.36. The van der Waals surface area contributed by atoms with E-state index in [0.29, 0.717) is 25.4 Å². The second kappa shape index (κ2) is 6.81. The quantitative estimate of drug-likeness (QED) is 0.861. The highest BCUT2D eigenvalue weighted by Crippen LogP contribution is 2.30. The second-order valence-electron chi connectivity index (χ2n) is 6.95. The zero-order valence-electron chi connectivity index (χ0n) is 14.3. The summed E-state index contributed by atoms with van der Waals surface area (Å²) in [5, 5.41) is 10.5. The van der Waals surface area contributed by atoms with Gasteiger partial charge in [0, 0.05) is 43.2 Å². The first-order valence-corrected chi connectivity index (χ1v) is 9.02. The van der Waals surface area contributed by atoms with Gasteiger partial charge in [-0.15, -0.1) is 0 Å². The van der Waals surface area contributed by atoms with Crippen molar-refractivity contribution in [3.05, 3.63) is 42.1 Å². The number of aromatic nitrogens is 1. The molecular weight excluding hydrogens is 312 g/mol. The summed E-state index contributed by atoms with van der Waals surface area (Å²) in [6.07, 6.45) is 3.48. The molecule has 2 aromatic rings. The van der Waals surface area contributed by atoms with E-state index in [2.05, 4.69) is 22.0 Å². The van der Waals surface area contributed by atoms with Crippen LogP contribution in [-0.2, 0) is 11.2 Å². The normalized spacial score (nSPS) is 21.2. The van der Waals surface area contributed by atoms with Gasteiger partial charge in [-0.05, 0) is 31.4 Å². The van der Waals surface area contributed by atoms with E-state index in [0.717, 1.165) is 29.7 Å². The first-order chi connectivity index (χ1) is 12.2. The van der Waals surface area contributed by atoms with Crippen LogP contribution >= 0.6 is 0 Å². The van der Waals surface area contributed by atoms with E-state index in [1.807, 2.05) is 35.2 Å². The first-order valence-electron chi connectivity index (χ1n) is 9.02. The van der Waals surface area contributed by atoms with Crippen LogP contribution in [0, 0.1) is 11.3 Å². The minimum Gasteiger partial charge on any atom is -0.339 e. The Hall–Kier alpha value is -2.45. The molecule has 2 heterocycles. The molecule has 128 valence electrons. The van der Waals surface area contributed by atoms with Crippen molar-refractivity contribution in [2.24, 2.45) is 0 Å². The van der Waals surface area contributed by atoms with Crippen molar-refractivity contribution in [3.8, 4) is 6.07 Å². The molecule has 1 aromatic carbocycles. The number of carbonyl (C=O) groups excluding carboxylic acids is 1. The summed E-state index contributed by atoms with van der Waals surface area (Å²) >= 11 is 0. The molecule has 5 nitrogen and oxygen atoms in total. The average molecular weight is 334 g/mol. The Morgan fingerprint density at radius 1 is 1.20 bits per heavy atom. The molecule has 1 unspecified atom stereocenters. The van der Waals surface area contributed by atoms with E-state index in [1.165, 1.54) is 12.8 Å².